The minimum atomic E-state index is -4.62. The van der Waals surface area contributed by atoms with Gasteiger partial charge in [-0.1, -0.05) is 18.2 Å². The number of methoxy groups -OCH3 is 1. The molecule has 6 nitrogen and oxygen atoms in total. The SMILES string of the molecule is COc1ccc(CCCNC(=O)CN(c2cccc(C(F)(F)F)c2)S(C)(=O)=O)cc1. The van der Waals surface area contributed by atoms with Crippen LogP contribution in [0.2, 0.25) is 0 Å². The number of hydrogen-bond donors (Lipinski definition) is 1. The van der Waals surface area contributed by atoms with E-state index in [4.69, 9.17) is 4.74 Å². The molecule has 0 aliphatic carbocycles. The van der Waals surface area contributed by atoms with Crippen molar-refractivity contribution in [2.45, 2.75) is 19.0 Å². The summed E-state index contributed by atoms with van der Waals surface area (Å²) in [4.78, 5) is 12.2. The van der Waals surface area contributed by atoms with Crippen molar-refractivity contribution in [1.82, 2.24) is 5.32 Å². The lowest BCUT2D eigenvalue weighted by molar-refractivity contribution is -0.137. The molecule has 0 bridgehead atoms. The van der Waals surface area contributed by atoms with Gasteiger partial charge in [-0.2, -0.15) is 13.2 Å². The molecule has 30 heavy (non-hydrogen) atoms. The first kappa shape index (κ1) is 23.5. The number of aryl methyl sites for hydroxylation is 1. The second-order valence-corrected chi connectivity index (χ2v) is 8.53. The number of halogens is 3. The van der Waals surface area contributed by atoms with Gasteiger partial charge in [0.25, 0.3) is 0 Å². The first-order valence-electron chi connectivity index (χ1n) is 9.05. The van der Waals surface area contributed by atoms with Gasteiger partial charge in [0.1, 0.15) is 12.3 Å². The Bertz CT molecular complexity index is 961. The van der Waals surface area contributed by atoms with E-state index in [9.17, 15) is 26.4 Å². The van der Waals surface area contributed by atoms with Gasteiger partial charge in [-0.3, -0.25) is 9.10 Å². The minimum Gasteiger partial charge on any atom is -0.497 e. The first-order valence-corrected chi connectivity index (χ1v) is 10.9. The molecule has 10 heteroatoms. The Kier molecular flexibility index (Phi) is 7.71. The van der Waals surface area contributed by atoms with Gasteiger partial charge < -0.3 is 10.1 Å². The van der Waals surface area contributed by atoms with E-state index in [1.54, 1.807) is 7.11 Å². The zero-order chi connectivity index (χ0) is 22.4. The van der Waals surface area contributed by atoms with Crippen molar-refractivity contribution in [2.24, 2.45) is 0 Å². The van der Waals surface area contributed by atoms with Crippen LogP contribution >= 0.6 is 0 Å². The van der Waals surface area contributed by atoms with Crippen LogP contribution in [0.25, 0.3) is 0 Å². The fourth-order valence-corrected chi connectivity index (χ4v) is 3.58. The molecular weight excluding hydrogens is 421 g/mol. The molecule has 1 N–H and O–H groups in total. The second kappa shape index (κ2) is 9.84. The first-order chi connectivity index (χ1) is 14.0. The van der Waals surface area contributed by atoms with Crippen molar-refractivity contribution in [3.8, 4) is 5.75 Å². The van der Waals surface area contributed by atoms with Crippen LogP contribution < -0.4 is 14.4 Å². The Morgan fingerprint density at radius 1 is 1.13 bits per heavy atom. The molecule has 0 heterocycles. The van der Waals surface area contributed by atoms with Gasteiger partial charge in [-0.05, 0) is 48.7 Å². The number of anilines is 1. The number of ether oxygens (including phenoxy) is 1. The van der Waals surface area contributed by atoms with Crippen LogP contribution in [-0.2, 0) is 27.4 Å². The number of sulfonamides is 1. The third-order valence-electron chi connectivity index (χ3n) is 4.27. The fraction of sp³-hybridized carbons (Fsp3) is 0.350. The normalized spacial score (nSPS) is 11.8. The van der Waals surface area contributed by atoms with Gasteiger partial charge in [0, 0.05) is 6.54 Å². The Labute approximate surface area is 173 Å². The second-order valence-electron chi connectivity index (χ2n) is 6.62. The zero-order valence-corrected chi connectivity index (χ0v) is 17.4. The van der Waals surface area contributed by atoms with Gasteiger partial charge in [-0.25, -0.2) is 8.42 Å². The summed E-state index contributed by atoms with van der Waals surface area (Å²) in [5, 5.41) is 2.60. The molecule has 0 atom stereocenters. The van der Waals surface area contributed by atoms with E-state index in [0.717, 1.165) is 29.7 Å². The average Bonchev–Trinajstić information content (AvgIpc) is 2.68. The summed E-state index contributed by atoms with van der Waals surface area (Å²) < 4.78 is 68.6. The van der Waals surface area contributed by atoms with E-state index in [1.165, 1.54) is 6.07 Å². The maximum absolute atomic E-state index is 12.9. The van der Waals surface area contributed by atoms with Crippen molar-refractivity contribution < 1.29 is 31.1 Å². The molecule has 2 aromatic carbocycles. The van der Waals surface area contributed by atoms with Crippen LogP contribution in [0.1, 0.15) is 17.5 Å². The summed E-state index contributed by atoms with van der Waals surface area (Å²) in [5.41, 5.74) is -0.166. The Morgan fingerprint density at radius 2 is 1.80 bits per heavy atom. The highest BCUT2D eigenvalue weighted by Crippen LogP contribution is 2.32. The predicted octanol–water partition coefficient (Wildman–Crippen LogP) is 3.23. The van der Waals surface area contributed by atoms with Crippen LogP contribution in [0.5, 0.6) is 5.75 Å². The van der Waals surface area contributed by atoms with Crippen molar-refractivity contribution >= 4 is 21.6 Å². The maximum Gasteiger partial charge on any atom is 0.416 e. The van der Waals surface area contributed by atoms with Crippen molar-refractivity contribution in [3.63, 3.8) is 0 Å². The lowest BCUT2D eigenvalue weighted by Crippen LogP contribution is -2.40. The number of nitrogens with zero attached hydrogens (tertiary/aromatic N) is 1. The molecule has 2 rings (SSSR count). The molecule has 0 spiro atoms. The molecule has 0 unspecified atom stereocenters. The van der Waals surface area contributed by atoms with Crippen LogP contribution in [0.3, 0.4) is 0 Å². The number of amides is 1. The van der Waals surface area contributed by atoms with Crippen LogP contribution in [0.4, 0.5) is 18.9 Å². The highest BCUT2D eigenvalue weighted by Gasteiger charge is 2.31. The van der Waals surface area contributed by atoms with E-state index in [1.807, 2.05) is 24.3 Å². The lowest BCUT2D eigenvalue weighted by Gasteiger charge is -2.22. The van der Waals surface area contributed by atoms with Crippen LogP contribution in [0, 0.1) is 0 Å². The van der Waals surface area contributed by atoms with Crippen LogP contribution in [0.15, 0.2) is 48.5 Å². The quantitative estimate of drug-likeness (QED) is 0.603. The summed E-state index contributed by atoms with van der Waals surface area (Å²) in [6.07, 6.45) is -2.48. The Morgan fingerprint density at radius 3 is 2.37 bits per heavy atom. The monoisotopic (exact) mass is 444 g/mol. The number of nitrogens with one attached hydrogen (secondary N) is 1. The Balaban J connectivity index is 1.96. The smallest absolute Gasteiger partial charge is 0.416 e. The minimum absolute atomic E-state index is 0.222. The van der Waals surface area contributed by atoms with Gasteiger partial charge in [0.15, 0.2) is 0 Å². The average molecular weight is 444 g/mol. The van der Waals surface area contributed by atoms with Crippen LogP contribution in [-0.4, -0.2) is 40.8 Å². The maximum atomic E-state index is 12.9. The van der Waals surface area contributed by atoms with E-state index in [0.29, 0.717) is 29.8 Å². The van der Waals surface area contributed by atoms with Gasteiger partial charge in [0.2, 0.25) is 15.9 Å². The largest absolute Gasteiger partial charge is 0.497 e. The summed E-state index contributed by atoms with van der Waals surface area (Å²) >= 11 is 0. The summed E-state index contributed by atoms with van der Waals surface area (Å²) in [7, 11) is -2.39. The number of alkyl halides is 3. The van der Waals surface area contributed by atoms with E-state index in [-0.39, 0.29) is 5.69 Å². The molecule has 0 aliphatic rings. The van der Waals surface area contributed by atoms with Crippen molar-refractivity contribution in [1.29, 1.82) is 0 Å². The highest BCUT2D eigenvalue weighted by atomic mass is 32.2. The summed E-state index contributed by atoms with van der Waals surface area (Å²) in [5.74, 6) is 0.134. The molecule has 0 aromatic heterocycles. The number of carbonyl (C=O) groups is 1. The molecule has 0 saturated heterocycles. The molecule has 164 valence electrons. The molecule has 2 aromatic rings. The van der Waals surface area contributed by atoms with Gasteiger partial charge in [0.05, 0.1) is 24.6 Å². The predicted molar refractivity (Wildman–Crippen MR) is 108 cm³/mol. The molecule has 0 saturated carbocycles. The van der Waals surface area contributed by atoms with Crippen molar-refractivity contribution in [3.05, 3.63) is 59.7 Å². The summed E-state index contributed by atoms with van der Waals surface area (Å²) in [6, 6.07) is 11.3. The zero-order valence-electron chi connectivity index (χ0n) is 16.6. The fourth-order valence-electron chi connectivity index (χ4n) is 2.74. The Hall–Kier alpha value is -2.75. The van der Waals surface area contributed by atoms with Gasteiger partial charge in [-0.15, -0.1) is 0 Å². The van der Waals surface area contributed by atoms with E-state index < -0.39 is 34.2 Å². The molecule has 1 amide bonds. The van der Waals surface area contributed by atoms with Gasteiger partial charge >= 0.3 is 6.18 Å². The van der Waals surface area contributed by atoms with E-state index in [2.05, 4.69) is 5.32 Å². The molecule has 0 aliphatic heterocycles. The van der Waals surface area contributed by atoms with E-state index >= 15 is 0 Å². The standard InChI is InChI=1S/C20H23F3N2O4S/c1-29-18-10-8-15(9-11-18)5-4-12-24-19(26)14-25(30(2,27)28)17-7-3-6-16(13-17)20(21,22)23/h3,6-11,13H,4-5,12,14H2,1-2H3,(H,24,26). The number of hydrogen-bond acceptors (Lipinski definition) is 4. The third-order valence-corrected chi connectivity index (χ3v) is 5.41. The molecule has 0 radical (unpaired) electrons. The summed E-state index contributed by atoms with van der Waals surface area (Å²) in [6.45, 7) is -0.312. The number of carbonyl (C=O) groups excluding carboxylic acids is 1. The highest BCUT2D eigenvalue weighted by molar-refractivity contribution is 7.92. The lowest BCUT2D eigenvalue weighted by atomic mass is 10.1. The van der Waals surface area contributed by atoms with Crippen molar-refractivity contribution in [2.75, 3.05) is 30.8 Å². The number of rotatable bonds is 9. The number of benzene rings is 2. The topological polar surface area (TPSA) is 75.7 Å². The third kappa shape index (κ3) is 6.94. The molecular formula is C20H23F3N2O4S. The molecule has 0 fully saturated rings.